The van der Waals surface area contributed by atoms with Gasteiger partial charge in [-0.2, -0.15) is 0 Å². The Morgan fingerprint density at radius 2 is 1.73 bits per heavy atom. The molecule has 1 aliphatic rings. The smallest absolute Gasteiger partial charge is 0.311 e. The molecule has 2 aromatic carbocycles. The van der Waals surface area contributed by atoms with Crippen LogP contribution in [0.4, 0.5) is 0 Å². The number of amides is 2. The molecule has 9 heteroatoms. The molecule has 1 atom stereocenters. The van der Waals surface area contributed by atoms with Crippen molar-refractivity contribution in [3.05, 3.63) is 69.2 Å². The number of carbonyl (C=O) groups excluding carboxylic acids is 4. The van der Waals surface area contributed by atoms with Crippen LogP contribution in [0.5, 0.6) is 0 Å². The maximum atomic E-state index is 12.3. The van der Waals surface area contributed by atoms with Gasteiger partial charge in [-0.25, -0.2) is 0 Å². The van der Waals surface area contributed by atoms with Gasteiger partial charge >= 0.3 is 5.97 Å². The number of Topliss-reactive ketones (excluding diaryl/α,β-unsaturated/α-hetero) is 1. The fraction of sp³-hybridized carbons (Fsp3) is 0.238. The third-order valence-corrected chi connectivity index (χ3v) is 5.33. The number of halogens is 2. The summed E-state index contributed by atoms with van der Waals surface area (Å²) in [5, 5.41) is 1.56. The Balaban J connectivity index is 1.53. The summed E-state index contributed by atoms with van der Waals surface area (Å²) in [4.78, 5) is 48.9. The number of rotatable bonds is 6. The van der Waals surface area contributed by atoms with Crippen LogP contribution < -0.4 is 5.43 Å². The van der Waals surface area contributed by atoms with Crippen molar-refractivity contribution in [3.63, 3.8) is 0 Å². The SMILES string of the molecule is Cc1ccc(C(=O)COC(=O)[C@@H]2CC(=O)N(NC(=O)c3ccc(Cl)c(Cl)c3)C2)cc1. The van der Waals surface area contributed by atoms with Gasteiger partial charge < -0.3 is 4.74 Å². The van der Waals surface area contributed by atoms with E-state index >= 15 is 0 Å². The summed E-state index contributed by atoms with van der Waals surface area (Å²) in [7, 11) is 0. The molecule has 7 nitrogen and oxygen atoms in total. The first-order valence-electron chi connectivity index (χ1n) is 9.07. The van der Waals surface area contributed by atoms with Crippen molar-refractivity contribution >= 4 is 46.8 Å². The lowest BCUT2D eigenvalue weighted by molar-refractivity contribution is -0.147. The largest absolute Gasteiger partial charge is 0.457 e. The number of esters is 1. The van der Waals surface area contributed by atoms with E-state index in [9.17, 15) is 19.2 Å². The van der Waals surface area contributed by atoms with Gasteiger partial charge in [0, 0.05) is 17.5 Å². The minimum Gasteiger partial charge on any atom is -0.457 e. The maximum Gasteiger partial charge on any atom is 0.311 e. The van der Waals surface area contributed by atoms with Crippen molar-refractivity contribution in [3.8, 4) is 0 Å². The quantitative estimate of drug-likeness (QED) is 0.540. The van der Waals surface area contributed by atoms with Gasteiger partial charge in [-0.05, 0) is 25.1 Å². The van der Waals surface area contributed by atoms with Crippen molar-refractivity contribution in [2.24, 2.45) is 5.92 Å². The summed E-state index contributed by atoms with van der Waals surface area (Å²) in [5.74, 6) is -2.79. The molecule has 0 aliphatic carbocycles. The van der Waals surface area contributed by atoms with Crippen molar-refractivity contribution in [2.75, 3.05) is 13.2 Å². The molecule has 30 heavy (non-hydrogen) atoms. The first kappa shape index (κ1) is 21.8. The van der Waals surface area contributed by atoms with Crippen molar-refractivity contribution < 1.29 is 23.9 Å². The maximum absolute atomic E-state index is 12.3. The zero-order chi connectivity index (χ0) is 21.8. The van der Waals surface area contributed by atoms with E-state index in [4.69, 9.17) is 27.9 Å². The fourth-order valence-corrected chi connectivity index (χ4v) is 3.17. The molecule has 0 aromatic heterocycles. The van der Waals surface area contributed by atoms with E-state index in [0.29, 0.717) is 10.6 Å². The molecular weight excluding hydrogens is 431 g/mol. The van der Waals surface area contributed by atoms with E-state index in [1.807, 2.05) is 6.92 Å². The summed E-state index contributed by atoms with van der Waals surface area (Å²) in [5.41, 5.74) is 4.10. The molecule has 2 aromatic rings. The van der Waals surface area contributed by atoms with Crippen LogP contribution in [0.3, 0.4) is 0 Å². The van der Waals surface area contributed by atoms with Gasteiger partial charge in [0.15, 0.2) is 12.4 Å². The summed E-state index contributed by atoms with van der Waals surface area (Å²) in [6, 6.07) is 11.2. The number of nitrogens with zero attached hydrogens (tertiary/aromatic N) is 1. The highest BCUT2D eigenvalue weighted by molar-refractivity contribution is 6.42. The van der Waals surface area contributed by atoms with E-state index in [0.717, 1.165) is 10.6 Å². The Hall–Kier alpha value is -2.90. The number of hydrogen-bond donors (Lipinski definition) is 1. The normalized spacial score (nSPS) is 15.8. The second-order valence-electron chi connectivity index (χ2n) is 6.87. The average molecular weight is 449 g/mol. The second-order valence-corrected chi connectivity index (χ2v) is 7.69. The van der Waals surface area contributed by atoms with Crippen LogP contribution in [-0.4, -0.2) is 41.7 Å². The molecule has 1 saturated heterocycles. The summed E-state index contributed by atoms with van der Waals surface area (Å²) in [6.07, 6.45) is -0.126. The molecule has 2 amide bonds. The highest BCUT2D eigenvalue weighted by Gasteiger charge is 2.36. The van der Waals surface area contributed by atoms with Gasteiger partial charge in [0.2, 0.25) is 5.91 Å². The zero-order valence-electron chi connectivity index (χ0n) is 16.0. The summed E-state index contributed by atoms with van der Waals surface area (Å²) >= 11 is 11.7. The molecule has 1 heterocycles. The predicted molar refractivity (Wildman–Crippen MR) is 110 cm³/mol. The van der Waals surface area contributed by atoms with Gasteiger partial charge in [-0.1, -0.05) is 53.0 Å². The molecule has 0 unspecified atom stereocenters. The number of ether oxygens (including phenoxy) is 1. The van der Waals surface area contributed by atoms with Crippen molar-refractivity contribution in [2.45, 2.75) is 13.3 Å². The highest BCUT2D eigenvalue weighted by Crippen LogP contribution is 2.23. The Bertz CT molecular complexity index is 1010. The summed E-state index contributed by atoms with van der Waals surface area (Å²) in [6.45, 7) is 1.43. The van der Waals surface area contributed by atoms with E-state index in [-0.39, 0.29) is 29.3 Å². The lowest BCUT2D eigenvalue weighted by Crippen LogP contribution is -2.43. The molecule has 1 fully saturated rings. The topological polar surface area (TPSA) is 92.8 Å². The lowest BCUT2D eigenvalue weighted by Gasteiger charge is -2.17. The minimum absolute atomic E-state index is 0.0521. The fourth-order valence-electron chi connectivity index (χ4n) is 2.88. The molecule has 0 saturated carbocycles. The number of carbonyl (C=O) groups is 4. The predicted octanol–water partition coefficient (Wildman–Crippen LogP) is 3.22. The van der Waals surface area contributed by atoms with Gasteiger partial charge in [-0.3, -0.25) is 29.6 Å². The van der Waals surface area contributed by atoms with Crippen LogP contribution in [-0.2, 0) is 14.3 Å². The van der Waals surface area contributed by atoms with E-state index in [1.54, 1.807) is 24.3 Å². The standard InChI is InChI=1S/C21H18Cl2N2O5/c1-12-2-4-13(5-3-12)18(26)11-30-21(29)15-9-19(27)25(10-15)24-20(28)14-6-7-16(22)17(23)8-14/h2-8,15H,9-11H2,1H3,(H,24,28)/t15-/m1/s1. The van der Waals surface area contributed by atoms with Crippen LogP contribution in [0.1, 0.15) is 32.7 Å². The number of benzene rings is 2. The second kappa shape index (κ2) is 9.28. The van der Waals surface area contributed by atoms with Crippen LogP contribution in [0.2, 0.25) is 10.0 Å². The number of hydrogen-bond acceptors (Lipinski definition) is 5. The van der Waals surface area contributed by atoms with Crippen LogP contribution >= 0.6 is 23.2 Å². The molecule has 0 spiro atoms. The van der Waals surface area contributed by atoms with E-state index < -0.39 is 30.3 Å². The monoisotopic (exact) mass is 448 g/mol. The summed E-state index contributed by atoms with van der Waals surface area (Å²) < 4.78 is 5.08. The first-order valence-corrected chi connectivity index (χ1v) is 9.83. The highest BCUT2D eigenvalue weighted by atomic mass is 35.5. The molecule has 156 valence electrons. The minimum atomic E-state index is -0.780. The number of nitrogens with one attached hydrogen (secondary N) is 1. The third-order valence-electron chi connectivity index (χ3n) is 4.60. The van der Waals surface area contributed by atoms with Crippen LogP contribution in [0.15, 0.2) is 42.5 Å². The Morgan fingerprint density at radius 3 is 2.40 bits per heavy atom. The average Bonchev–Trinajstić information content (AvgIpc) is 3.08. The van der Waals surface area contributed by atoms with Gasteiger partial charge in [-0.15, -0.1) is 0 Å². The Labute approximate surface area is 182 Å². The zero-order valence-corrected chi connectivity index (χ0v) is 17.5. The van der Waals surface area contributed by atoms with Crippen molar-refractivity contribution in [1.82, 2.24) is 10.4 Å². The third kappa shape index (κ3) is 5.17. The van der Waals surface area contributed by atoms with Crippen molar-refractivity contribution in [1.29, 1.82) is 0 Å². The number of aryl methyl sites for hydroxylation is 1. The molecule has 1 N–H and O–H groups in total. The lowest BCUT2D eigenvalue weighted by atomic mass is 10.1. The van der Waals surface area contributed by atoms with E-state index in [1.165, 1.54) is 18.2 Å². The van der Waals surface area contributed by atoms with Gasteiger partial charge in [0.25, 0.3) is 5.91 Å². The van der Waals surface area contributed by atoms with Crippen LogP contribution in [0, 0.1) is 12.8 Å². The van der Waals surface area contributed by atoms with Gasteiger partial charge in [0.1, 0.15) is 0 Å². The van der Waals surface area contributed by atoms with Crippen LogP contribution in [0.25, 0.3) is 0 Å². The number of hydrazine groups is 1. The molecule has 0 bridgehead atoms. The van der Waals surface area contributed by atoms with Gasteiger partial charge in [0.05, 0.1) is 22.5 Å². The van der Waals surface area contributed by atoms with E-state index in [2.05, 4.69) is 5.43 Å². The Morgan fingerprint density at radius 1 is 1.07 bits per heavy atom. The molecule has 1 aliphatic heterocycles. The first-order chi connectivity index (χ1) is 14.2. The number of ketones is 1. The molecule has 3 rings (SSSR count). The Kier molecular flexibility index (Phi) is 6.74. The molecular formula is C21H18Cl2N2O5. The molecule has 0 radical (unpaired) electrons.